The summed E-state index contributed by atoms with van der Waals surface area (Å²) in [5.74, 6) is -2.21. The van der Waals surface area contributed by atoms with Crippen LogP contribution in [-0.2, 0) is 9.59 Å². The highest BCUT2D eigenvalue weighted by atomic mass is 16.3. The average Bonchev–Trinajstić information content (AvgIpc) is 2.59. The van der Waals surface area contributed by atoms with Crippen LogP contribution in [0.25, 0.3) is 0 Å². The van der Waals surface area contributed by atoms with Crippen LogP contribution in [0.2, 0.25) is 0 Å². The van der Waals surface area contributed by atoms with Gasteiger partial charge in [0.05, 0.1) is 12.1 Å². The number of aryl methyl sites for hydroxylation is 1. The molecule has 0 aromatic heterocycles. The van der Waals surface area contributed by atoms with Gasteiger partial charge < -0.3 is 31.7 Å². The fourth-order valence-electron chi connectivity index (χ4n) is 2.98. The Morgan fingerprint density at radius 1 is 1.19 bits per heavy atom. The molecule has 0 aliphatic heterocycles. The van der Waals surface area contributed by atoms with Crippen LogP contribution >= 0.6 is 0 Å². The molecule has 1 aliphatic carbocycles. The molecule has 1 aromatic carbocycles. The third-order valence-electron chi connectivity index (χ3n) is 4.74. The number of carbonyl (C=O) groups excluding carboxylic acids is 3. The molecule has 0 saturated heterocycles. The molecule has 1 aromatic rings. The predicted molar refractivity (Wildman–Crippen MR) is 95.4 cm³/mol. The van der Waals surface area contributed by atoms with E-state index in [9.17, 15) is 29.7 Å². The molecule has 5 atom stereocenters. The summed E-state index contributed by atoms with van der Waals surface area (Å²) in [6.45, 7) is 3.23. The van der Waals surface area contributed by atoms with Crippen molar-refractivity contribution in [3.63, 3.8) is 0 Å². The smallest absolute Gasteiger partial charge is 0.252 e. The summed E-state index contributed by atoms with van der Waals surface area (Å²) in [5.41, 5.74) is 4.32. The van der Waals surface area contributed by atoms with E-state index in [1.54, 1.807) is 24.3 Å². The van der Waals surface area contributed by atoms with Crippen molar-refractivity contribution in [3.05, 3.63) is 35.4 Å². The molecule has 0 spiro atoms. The SMILES string of the molecule is Cc1ccc(C(=O)N[C@H]2C[C@@](O)(C(=O)N[C@H](C)C(N)=O)C[C@@H](O)[C@@H]2O)cc1. The van der Waals surface area contributed by atoms with Crippen LogP contribution in [0.15, 0.2) is 24.3 Å². The van der Waals surface area contributed by atoms with Gasteiger partial charge in [-0.2, -0.15) is 0 Å². The zero-order valence-electron chi connectivity index (χ0n) is 15.2. The number of rotatable bonds is 5. The molecule has 0 unspecified atom stereocenters. The van der Waals surface area contributed by atoms with Gasteiger partial charge in [-0.05, 0) is 26.0 Å². The number of benzene rings is 1. The Labute approximate surface area is 156 Å². The lowest BCUT2D eigenvalue weighted by molar-refractivity contribution is -0.158. The van der Waals surface area contributed by atoms with Gasteiger partial charge in [0.25, 0.3) is 11.8 Å². The molecule has 0 bridgehead atoms. The van der Waals surface area contributed by atoms with E-state index in [0.29, 0.717) is 5.56 Å². The topological polar surface area (TPSA) is 162 Å². The lowest BCUT2D eigenvalue weighted by Crippen LogP contribution is -2.64. The van der Waals surface area contributed by atoms with Crippen LogP contribution in [0.3, 0.4) is 0 Å². The second-order valence-electron chi connectivity index (χ2n) is 7.04. The number of aliphatic hydroxyl groups excluding tert-OH is 2. The first-order chi connectivity index (χ1) is 12.5. The molecule has 3 amide bonds. The molecule has 1 saturated carbocycles. The van der Waals surface area contributed by atoms with Crippen molar-refractivity contribution in [2.45, 2.75) is 56.6 Å². The standard InChI is InChI=1S/C18H25N3O6/c1-9-3-5-11(6-4-9)16(25)21-12-7-18(27,8-13(22)14(12)23)17(26)20-10(2)15(19)24/h3-6,10,12-14,22-23,27H,7-8H2,1-2H3,(H2,19,24)(H,20,26)(H,21,25)/t10-,12+,13-,14-,18+/m1/s1. The molecule has 27 heavy (non-hydrogen) atoms. The maximum Gasteiger partial charge on any atom is 0.252 e. The molecule has 0 radical (unpaired) electrons. The van der Waals surface area contributed by atoms with Gasteiger partial charge in [-0.25, -0.2) is 0 Å². The number of hydrogen-bond donors (Lipinski definition) is 6. The van der Waals surface area contributed by atoms with Gasteiger partial charge in [0, 0.05) is 18.4 Å². The Morgan fingerprint density at radius 2 is 1.78 bits per heavy atom. The quantitative estimate of drug-likeness (QED) is 0.358. The highest BCUT2D eigenvalue weighted by molar-refractivity contribution is 5.95. The Morgan fingerprint density at radius 3 is 2.33 bits per heavy atom. The number of nitrogens with two attached hydrogens (primary N) is 1. The maximum absolute atomic E-state index is 12.4. The first-order valence-electron chi connectivity index (χ1n) is 8.60. The average molecular weight is 379 g/mol. The number of amides is 3. The van der Waals surface area contributed by atoms with Gasteiger partial charge in [-0.3, -0.25) is 14.4 Å². The molecular formula is C18H25N3O6. The Kier molecular flexibility index (Phi) is 6.19. The summed E-state index contributed by atoms with van der Waals surface area (Å²) in [6, 6.07) is 4.60. The molecule has 9 heteroatoms. The van der Waals surface area contributed by atoms with Gasteiger partial charge in [0.1, 0.15) is 17.7 Å². The van der Waals surface area contributed by atoms with Crippen LogP contribution in [0, 0.1) is 6.92 Å². The fraction of sp³-hybridized carbons (Fsp3) is 0.500. The van der Waals surface area contributed by atoms with Gasteiger partial charge in [-0.15, -0.1) is 0 Å². The summed E-state index contributed by atoms with van der Waals surface area (Å²) < 4.78 is 0. The second-order valence-corrected chi connectivity index (χ2v) is 7.04. The Hall–Kier alpha value is -2.49. The molecule has 9 nitrogen and oxygen atoms in total. The number of aliphatic hydroxyl groups is 3. The van der Waals surface area contributed by atoms with E-state index in [4.69, 9.17) is 5.73 Å². The summed E-state index contributed by atoms with van der Waals surface area (Å²) >= 11 is 0. The molecule has 148 valence electrons. The predicted octanol–water partition coefficient (Wildman–Crippen LogP) is -1.67. The lowest BCUT2D eigenvalue weighted by Gasteiger charge is -2.41. The number of primary amides is 1. The largest absolute Gasteiger partial charge is 0.390 e. The summed E-state index contributed by atoms with van der Waals surface area (Å²) in [6.07, 6.45) is -3.58. The molecule has 0 heterocycles. The monoisotopic (exact) mass is 379 g/mol. The zero-order chi connectivity index (χ0) is 20.4. The van der Waals surface area contributed by atoms with E-state index in [-0.39, 0.29) is 6.42 Å². The number of nitrogens with one attached hydrogen (secondary N) is 2. The van der Waals surface area contributed by atoms with Gasteiger partial charge in [0.2, 0.25) is 5.91 Å². The Balaban J connectivity index is 2.13. The first-order valence-corrected chi connectivity index (χ1v) is 8.60. The van der Waals surface area contributed by atoms with Crippen LogP contribution in [-0.4, -0.2) is 62.9 Å². The molecule has 2 rings (SSSR count). The third-order valence-corrected chi connectivity index (χ3v) is 4.74. The van der Waals surface area contributed by atoms with Crippen molar-refractivity contribution >= 4 is 17.7 Å². The van der Waals surface area contributed by atoms with Crippen molar-refractivity contribution < 1.29 is 29.7 Å². The highest BCUT2D eigenvalue weighted by Crippen LogP contribution is 2.30. The van der Waals surface area contributed by atoms with Crippen molar-refractivity contribution in [2.24, 2.45) is 5.73 Å². The van der Waals surface area contributed by atoms with Crippen LogP contribution < -0.4 is 16.4 Å². The van der Waals surface area contributed by atoms with E-state index in [1.807, 2.05) is 6.92 Å². The van der Waals surface area contributed by atoms with Gasteiger partial charge in [0.15, 0.2) is 0 Å². The number of carbonyl (C=O) groups is 3. The normalized spacial score (nSPS) is 28.9. The molecular weight excluding hydrogens is 354 g/mol. The minimum atomic E-state index is -2.08. The molecule has 1 fully saturated rings. The van der Waals surface area contributed by atoms with E-state index in [2.05, 4.69) is 10.6 Å². The molecule has 7 N–H and O–H groups in total. The summed E-state index contributed by atoms with van der Waals surface area (Å²) in [4.78, 5) is 35.8. The molecule has 1 aliphatic rings. The second kappa shape index (κ2) is 8.03. The van der Waals surface area contributed by atoms with Gasteiger partial charge in [-0.1, -0.05) is 17.7 Å². The van der Waals surface area contributed by atoms with Crippen LogP contribution in [0.4, 0.5) is 0 Å². The zero-order valence-corrected chi connectivity index (χ0v) is 15.2. The summed E-state index contributed by atoms with van der Waals surface area (Å²) in [5, 5.41) is 35.7. The maximum atomic E-state index is 12.4. The fourth-order valence-corrected chi connectivity index (χ4v) is 2.98. The van der Waals surface area contributed by atoms with Gasteiger partial charge >= 0.3 is 0 Å². The van der Waals surface area contributed by atoms with E-state index in [1.165, 1.54) is 6.92 Å². The number of hydrogen-bond acceptors (Lipinski definition) is 6. The third kappa shape index (κ3) is 4.82. The van der Waals surface area contributed by atoms with Crippen molar-refractivity contribution in [1.29, 1.82) is 0 Å². The van der Waals surface area contributed by atoms with E-state index in [0.717, 1.165) is 5.56 Å². The first kappa shape index (κ1) is 20.8. The van der Waals surface area contributed by atoms with Crippen LogP contribution in [0.5, 0.6) is 0 Å². The van der Waals surface area contributed by atoms with Crippen LogP contribution in [0.1, 0.15) is 35.7 Å². The van der Waals surface area contributed by atoms with Crippen molar-refractivity contribution in [3.8, 4) is 0 Å². The van der Waals surface area contributed by atoms with E-state index < -0.39 is 54.0 Å². The summed E-state index contributed by atoms with van der Waals surface area (Å²) in [7, 11) is 0. The van der Waals surface area contributed by atoms with Crippen molar-refractivity contribution in [2.75, 3.05) is 0 Å². The minimum Gasteiger partial charge on any atom is -0.390 e. The Bertz CT molecular complexity index is 722. The minimum absolute atomic E-state index is 0.333. The highest BCUT2D eigenvalue weighted by Gasteiger charge is 2.49. The van der Waals surface area contributed by atoms with Crippen molar-refractivity contribution in [1.82, 2.24) is 10.6 Å². The van der Waals surface area contributed by atoms with E-state index >= 15 is 0 Å². The lowest BCUT2D eigenvalue weighted by atomic mass is 9.77.